The second-order valence-corrected chi connectivity index (χ2v) is 6.88. The van der Waals surface area contributed by atoms with E-state index < -0.39 is 23.9 Å². The molecule has 4 rings (SSSR count). The van der Waals surface area contributed by atoms with Crippen LogP contribution in [0.2, 0.25) is 0 Å². The highest BCUT2D eigenvalue weighted by Gasteiger charge is 2.35. The Hall–Kier alpha value is -3.40. The number of hydrogen-bond acceptors (Lipinski definition) is 6. The van der Waals surface area contributed by atoms with Crippen LogP contribution in [0.25, 0.3) is 0 Å². The predicted molar refractivity (Wildman–Crippen MR) is 106 cm³/mol. The molecule has 0 aromatic heterocycles. The molecule has 3 fully saturated rings. The van der Waals surface area contributed by atoms with Crippen LogP contribution < -0.4 is 15.4 Å². The summed E-state index contributed by atoms with van der Waals surface area (Å²) < 4.78 is 5.14. The number of carboxylic acids is 2. The van der Waals surface area contributed by atoms with Crippen LogP contribution in [-0.2, 0) is 9.59 Å². The lowest BCUT2D eigenvalue weighted by molar-refractivity contribution is -0.134. The molecule has 10 nitrogen and oxygen atoms in total. The van der Waals surface area contributed by atoms with E-state index in [2.05, 4.69) is 15.5 Å². The molecule has 3 saturated heterocycles. The molecule has 1 aromatic carbocycles. The number of ether oxygens (including phenoxy) is 1. The Labute approximate surface area is 173 Å². The van der Waals surface area contributed by atoms with Gasteiger partial charge >= 0.3 is 18.0 Å². The number of carbonyl (C=O) groups is 4. The Morgan fingerprint density at radius 2 is 1.67 bits per heavy atom. The molecule has 0 radical (unpaired) electrons. The van der Waals surface area contributed by atoms with Gasteiger partial charge in [0.05, 0.1) is 12.7 Å². The van der Waals surface area contributed by atoms with Gasteiger partial charge in [-0.3, -0.25) is 10.1 Å². The largest absolute Gasteiger partial charge is 0.496 e. The summed E-state index contributed by atoms with van der Waals surface area (Å²) in [5.74, 6) is -1.98. The molecule has 3 heterocycles. The second-order valence-electron chi connectivity index (χ2n) is 6.88. The first-order valence-electron chi connectivity index (χ1n) is 9.41. The number of imide groups is 1. The molecule has 4 N–H and O–H groups in total. The maximum absolute atomic E-state index is 12.2. The molecule has 3 aliphatic rings. The number of nitrogens with one attached hydrogen (secondary N) is 2. The summed E-state index contributed by atoms with van der Waals surface area (Å²) in [6.45, 7) is 3.11. The average Bonchev–Trinajstić information content (AvgIpc) is 2.73. The van der Waals surface area contributed by atoms with E-state index in [0.29, 0.717) is 29.4 Å². The summed E-state index contributed by atoms with van der Waals surface area (Å²) in [6.07, 6.45) is 3.35. The number of para-hydroxylation sites is 1. The van der Waals surface area contributed by atoms with Crippen molar-refractivity contribution >= 4 is 23.9 Å². The molecule has 3 amide bonds. The maximum Gasteiger partial charge on any atom is 0.328 e. The van der Waals surface area contributed by atoms with Crippen molar-refractivity contribution in [2.24, 2.45) is 5.92 Å². The van der Waals surface area contributed by atoms with Gasteiger partial charge < -0.3 is 25.2 Å². The maximum atomic E-state index is 12.2. The fourth-order valence-electron chi connectivity index (χ4n) is 3.48. The third kappa shape index (κ3) is 6.89. The zero-order valence-corrected chi connectivity index (χ0v) is 16.5. The van der Waals surface area contributed by atoms with E-state index in [0.717, 1.165) is 32.5 Å². The van der Waals surface area contributed by atoms with Gasteiger partial charge in [-0.05, 0) is 44.0 Å². The van der Waals surface area contributed by atoms with E-state index >= 15 is 0 Å². The quantitative estimate of drug-likeness (QED) is 0.516. The number of hydrogen-bond donors (Lipinski definition) is 4. The van der Waals surface area contributed by atoms with Crippen molar-refractivity contribution in [1.82, 2.24) is 15.5 Å². The molecule has 10 heteroatoms. The van der Waals surface area contributed by atoms with Gasteiger partial charge in [0.15, 0.2) is 0 Å². The standard InChI is InChI=1S/C16H21N3O3.C4H4O4/c1-22-14-5-3-2-4-12(14)15(20)18-16(21)17-13-10-19-8-6-11(13)7-9-19;5-3(6)1-2-4(7)8/h2-5,11,13H,6-10H2,1H3,(H2,17,18,20,21);1-2H,(H,5,6)(H,7,8)/b;2-1+/t13-;/m0./s1. The van der Waals surface area contributed by atoms with E-state index in [-0.39, 0.29) is 6.04 Å². The normalized spacial score (nSPS) is 21.8. The summed E-state index contributed by atoms with van der Waals surface area (Å²) in [5.41, 5.74) is 0.356. The molecule has 0 saturated carbocycles. The molecular formula is C20H25N3O7. The number of fused-ring (bicyclic) bond motifs is 3. The molecule has 2 bridgehead atoms. The summed E-state index contributed by atoms with van der Waals surface area (Å²) >= 11 is 0. The fourth-order valence-corrected chi connectivity index (χ4v) is 3.48. The summed E-state index contributed by atoms with van der Waals surface area (Å²) in [6, 6.07) is 6.55. The van der Waals surface area contributed by atoms with Crippen molar-refractivity contribution < 1.29 is 34.1 Å². The zero-order chi connectivity index (χ0) is 22.1. The van der Waals surface area contributed by atoms with Crippen LogP contribution in [0.1, 0.15) is 23.2 Å². The molecule has 3 aliphatic heterocycles. The van der Waals surface area contributed by atoms with Crippen LogP contribution in [0, 0.1) is 5.92 Å². The number of nitrogens with zero attached hydrogens (tertiary/aromatic N) is 1. The Morgan fingerprint density at radius 1 is 1.07 bits per heavy atom. The average molecular weight is 419 g/mol. The first-order valence-corrected chi connectivity index (χ1v) is 9.41. The minimum atomic E-state index is -1.26. The number of piperidine rings is 3. The molecule has 1 aromatic rings. The van der Waals surface area contributed by atoms with Crippen LogP contribution in [0.15, 0.2) is 36.4 Å². The van der Waals surface area contributed by atoms with Crippen molar-refractivity contribution in [3.05, 3.63) is 42.0 Å². The molecule has 0 unspecified atom stereocenters. The number of aliphatic carboxylic acids is 2. The fraction of sp³-hybridized carbons (Fsp3) is 0.400. The number of carboxylic acid groups (broad SMARTS) is 2. The monoisotopic (exact) mass is 419 g/mol. The van der Waals surface area contributed by atoms with Crippen molar-refractivity contribution in [3.63, 3.8) is 0 Å². The third-order valence-corrected chi connectivity index (χ3v) is 4.92. The van der Waals surface area contributed by atoms with Gasteiger partial charge in [0.1, 0.15) is 5.75 Å². The zero-order valence-electron chi connectivity index (χ0n) is 16.5. The molecule has 0 aliphatic carbocycles. The molecule has 0 spiro atoms. The Kier molecular flexibility index (Phi) is 8.36. The van der Waals surface area contributed by atoms with Crippen molar-refractivity contribution in [2.45, 2.75) is 18.9 Å². The van der Waals surface area contributed by atoms with Gasteiger partial charge in [-0.2, -0.15) is 0 Å². The number of carbonyl (C=O) groups excluding carboxylic acids is 2. The van der Waals surface area contributed by atoms with Crippen LogP contribution >= 0.6 is 0 Å². The van der Waals surface area contributed by atoms with Crippen molar-refractivity contribution in [3.8, 4) is 5.75 Å². The van der Waals surface area contributed by atoms with Gasteiger partial charge in [0.2, 0.25) is 0 Å². The molecule has 30 heavy (non-hydrogen) atoms. The minimum absolute atomic E-state index is 0.132. The molecule has 1 atom stereocenters. The predicted octanol–water partition coefficient (Wildman–Crippen LogP) is 0.941. The Bertz CT molecular complexity index is 800. The lowest BCUT2D eigenvalue weighted by Gasteiger charge is -2.44. The molecule has 162 valence electrons. The van der Waals surface area contributed by atoms with E-state index in [9.17, 15) is 19.2 Å². The number of benzene rings is 1. The Morgan fingerprint density at radius 3 is 2.17 bits per heavy atom. The van der Waals surface area contributed by atoms with E-state index in [1.165, 1.54) is 7.11 Å². The summed E-state index contributed by atoms with van der Waals surface area (Å²) in [5, 5.41) is 20.9. The number of rotatable bonds is 5. The van der Waals surface area contributed by atoms with Gasteiger partial charge in [0.25, 0.3) is 5.91 Å². The van der Waals surface area contributed by atoms with E-state index in [4.69, 9.17) is 14.9 Å². The second kappa shape index (κ2) is 11.0. The van der Waals surface area contributed by atoms with Gasteiger partial charge in [0, 0.05) is 24.7 Å². The van der Waals surface area contributed by atoms with Crippen LogP contribution in [0.4, 0.5) is 4.79 Å². The van der Waals surface area contributed by atoms with Crippen LogP contribution in [0.5, 0.6) is 5.75 Å². The topological polar surface area (TPSA) is 145 Å². The minimum Gasteiger partial charge on any atom is -0.496 e. The van der Waals surface area contributed by atoms with E-state index in [1.54, 1.807) is 24.3 Å². The number of urea groups is 1. The SMILES string of the molecule is COc1ccccc1C(=O)NC(=O)N[C@H]1CN2CCC1CC2.O=C(O)/C=C/C(=O)O. The van der Waals surface area contributed by atoms with Crippen molar-refractivity contribution in [1.29, 1.82) is 0 Å². The number of methoxy groups -OCH3 is 1. The first kappa shape index (κ1) is 22.9. The highest BCUT2D eigenvalue weighted by molar-refractivity contribution is 6.05. The molecular weight excluding hydrogens is 394 g/mol. The summed E-state index contributed by atoms with van der Waals surface area (Å²) in [4.78, 5) is 45.7. The first-order chi connectivity index (χ1) is 14.3. The van der Waals surface area contributed by atoms with Gasteiger partial charge in [-0.15, -0.1) is 0 Å². The third-order valence-electron chi connectivity index (χ3n) is 4.92. The van der Waals surface area contributed by atoms with Crippen LogP contribution in [0.3, 0.4) is 0 Å². The number of amides is 3. The van der Waals surface area contributed by atoms with E-state index in [1.807, 2.05) is 0 Å². The van der Waals surface area contributed by atoms with Crippen LogP contribution in [-0.4, -0.2) is 71.8 Å². The lowest BCUT2D eigenvalue weighted by atomic mass is 9.84. The smallest absolute Gasteiger partial charge is 0.328 e. The lowest BCUT2D eigenvalue weighted by Crippen LogP contribution is -2.59. The highest BCUT2D eigenvalue weighted by Crippen LogP contribution is 2.27. The highest BCUT2D eigenvalue weighted by atomic mass is 16.5. The van der Waals surface area contributed by atoms with Gasteiger partial charge in [-0.1, -0.05) is 12.1 Å². The Balaban J connectivity index is 0.000000343. The van der Waals surface area contributed by atoms with Gasteiger partial charge in [-0.25, -0.2) is 14.4 Å². The summed E-state index contributed by atoms with van der Waals surface area (Å²) in [7, 11) is 1.50. The van der Waals surface area contributed by atoms with Crippen molar-refractivity contribution in [2.75, 3.05) is 26.7 Å².